The van der Waals surface area contributed by atoms with Crippen LogP contribution in [0.1, 0.15) is 13.3 Å². The molecule has 1 aromatic carbocycles. The van der Waals surface area contributed by atoms with Crippen molar-refractivity contribution in [3.05, 3.63) is 42.2 Å². The maximum absolute atomic E-state index is 11.5. The largest absolute Gasteiger partial charge is 0.489 e. The second-order valence-corrected chi connectivity index (χ2v) is 7.56. The van der Waals surface area contributed by atoms with Crippen molar-refractivity contribution < 1.29 is 9.53 Å². The van der Waals surface area contributed by atoms with Crippen molar-refractivity contribution in [2.75, 3.05) is 6.54 Å². The molecule has 5 rings (SSSR count). The molecule has 1 fully saturated rings. The van der Waals surface area contributed by atoms with Crippen LogP contribution in [0.2, 0.25) is 0 Å². The van der Waals surface area contributed by atoms with E-state index < -0.39 is 0 Å². The Morgan fingerprint density at radius 3 is 3.15 bits per heavy atom. The lowest BCUT2D eigenvalue weighted by Gasteiger charge is -2.20. The Kier molecular flexibility index (Phi) is 3.78. The molecule has 0 aliphatic carbocycles. The molecule has 1 unspecified atom stereocenters. The average Bonchev–Trinajstić information content (AvgIpc) is 3.40. The predicted molar refractivity (Wildman–Crippen MR) is 103 cm³/mol. The summed E-state index contributed by atoms with van der Waals surface area (Å²) in [6.07, 6.45) is 3.97. The van der Waals surface area contributed by atoms with Gasteiger partial charge < -0.3 is 10.1 Å². The molecule has 1 aliphatic rings. The van der Waals surface area contributed by atoms with E-state index in [9.17, 15) is 4.79 Å². The van der Waals surface area contributed by atoms with Gasteiger partial charge >= 0.3 is 0 Å². The van der Waals surface area contributed by atoms with Crippen molar-refractivity contribution in [3.8, 4) is 11.4 Å². The highest BCUT2D eigenvalue weighted by molar-refractivity contribution is 7.17. The second-order valence-electron chi connectivity index (χ2n) is 6.71. The van der Waals surface area contributed by atoms with Gasteiger partial charge in [-0.2, -0.15) is 5.10 Å². The van der Waals surface area contributed by atoms with Gasteiger partial charge in [0, 0.05) is 36.5 Å². The molecular weight excluding hydrogens is 362 g/mol. The van der Waals surface area contributed by atoms with Crippen LogP contribution in [0.25, 0.3) is 26.9 Å². The van der Waals surface area contributed by atoms with Crippen molar-refractivity contribution in [2.45, 2.75) is 19.4 Å². The molecule has 8 heteroatoms. The number of pyridine rings is 1. The molecule has 1 amide bonds. The highest BCUT2D eigenvalue weighted by Gasteiger charge is 2.28. The first-order chi connectivity index (χ1) is 13.2. The number of rotatable bonds is 4. The molecule has 3 aromatic heterocycles. The zero-order valence-corrected chi connectivity index (χ0v) is 15.4. The number of hydrogen-bond donors (Lipinski definition) is 1. The van der Waals surface area contributed by atoms with Crippen LogP contribution < -0.4 is 10.1 Å². The number of amides is 1. The summed E-state index contributed by atoms with van der Waals surface area (Å²) in [4.78, 5) is 20.4. The summed E-state index contributed by atoms with van der Waals surface area (Å²) in [7, 11) is 0. The minimum Gasteiger partial charge on any atom is -0.489 e. The number of hydrogen-bond acceptors (Lipinski definition) is 6. The highest BCUT2D eigenvalue weighted by atomic mass is 32.1. The topological polar surface area (TPSA) is 81.9 Å². The van der Waals surface area contributed by atoms with E-state index in [4.69, 9.17) is 4.74 Å². The number of aromatic nitrogens is 4. The second kappa shape index (κ2) is 6.31. The summed E-state index contributed by atoms with van der Waals surface area (Å²) >= 11 is 1.54. The van der Waals surface area contributed by atoms with Crippen molar-refractivity contribution in [1.29, 1.82) is 0 Å². The SMILES string of the molecule is C[C@@H](Oc1cc(-n2ncc3cccnc32)cc2ncsc12)C1CNC(=O)C1. The number of nitrogens with one attached hydrogen (secondary N) is 1. The van der Waals surface area contributed by atoms with Crippen LogP contribution in [0.15, 0.2) is 42.2 Å². The minimum atomic E-state index is -0.0861. The van der Waals surface area contributed by atoms with Crippen molar-refractivity contribution in [1.82, 2.24) is 25.1 Å². The van der Waals surface area contributed by atoms with E-state index in [1.54, 1.807) is 28.4 Å². The van der Waals surface area contributed by atoms with E-state index >= 15 is 0 Å². The Labute approximate surface area is 159 Å². The van der Waals surface area contributed by atoms with Gasteiger partial charge in [-0.25, -0.2) is 14.6 Å². The number of carbonyl (C=O) groups is 1. The zero-order valence-electron chi connectivity index (χ0n) is 14.6. The number of ether oxygens (including phenoxy) is 1. The van der Waals surface area contributed by atoms with Crippen molar-refractivity contribution in [3.63, 3.8) is 0 Å². The summed E-state index contributed by atoms with van der Waals surface area (Å²) in [5, 5.41) is 8.33. The van der Waals surface area contributed by atoms with Gasteiger partial charge in [-0.1, -0.05) is 0 Å². The number of fused-ring (bicyclic) bond motifs is 2. The Morgan fingerprint density at radius 2 is 2.30 bits per heavy atom. The van der Waals surface area contributed by atoms with Crippen LogP contribution in [-0.4, -0.2) is 38.3 Å². The molecule has 4 aromatic rings. The third-order valence-electron chi connectivity index (χ3n) is 4.94. The van der Waals surface area contributed by atoms with Gasteiger partial charge in [0.25, 0.3) is 0 Å². The van der Waals surface area contributed by atoms with Crippen LogP contribution in [-0.2, 0) is 4.79 Å². The Hall–Kier alpha value is -3.00. The smallest absolute Gasteiger partial charge is 0.220 e. The molecule has 0 saturated carbocycles. The molecule has 1 aliphatic heterocycles. The maximum atomic E-state index is 11.5. The van der Waals surface area contributed by atoms with E-state index in [0.717, 1.165) is 32.7 Å². The van der Waals surface area contributed by atoms with Gasteiger partial charge in [-0.05, 0) is 25.1 Å². The minimum absolute atomic E-state index is 0.0845. The monoisotopic (exact) mass is 379 g/mol. The molecular formula is C19H17N5O2S. The van der Waals surface area contributed by atoms with E-state index in [0.29, 0.717) is 13.0 Å². The standard InChI is InChI=1S/C19H17N5O2S/c1-11(13-5-17(25)21-8-13)26-16-7-14(6-15-18(16)27-10-22-15)24-19-12(9-23-24)3-2-4-20-19/h2-4,6-7,9-11,13H,5,8H2,1H3,(H,21,25)/t11-,13?/m1/s1. The number of nitrogens with zero attached hydrogens (tertiary/aromatic N) is 4. The lowest BCUT2D eigenvalue weighted by atomic mass is 10.0. The maximum Gasteiger partial charge on any atom is 0.220 e. The summed E-state index contributed by atoms with van der Waals surface area (Å²) in [5.41, 5.74) is 4.31. The van der Waals surface area contributed by atoms with E-state index in [1.807, 2.05) is 36.7 Å². The van der Waals surface area contributed by atoms with Gasteiger partial charge in [0.1, 0.15) is 11.9 Å². The fourth-order valence-corrected chi connectivity index (χ4v) is 4.17. The molecule has 0 bridgehead atoms. The van der Waals surface area contributed by atoms with Gasteiger partial charge in [-0.15, -0.1) is 11.3 Å². The fraction of sp³-hybridized carbons (Fsp3) is 0.263. The molecule has 0 radical (unpaired) electrons. The molecule has 1 saturated heterocycles. The normalized spacial score (nSPS) is 18.1. The molecule has 0 spiro atoms. The van der Waals surface area contributed by atoms with Gasteiger partial charge in [0.2, 0.25) is 5.91 Å². The van der Waals surface area contributed by atoms with E-state index in [2.05, 4.69) is 20.4 Å². The number of thiazole rings is 1. The first kappa shape index (κ1) is 16.2. The lowest BCUT2D eigenvalue weighted by molar-refractivity contribution is -0.119. The number of carbonyl (C=O) groups excluding carboxylic acids is 1. The van der Waals surface area contributed by atoms with Crippen LogP contribution in [0.3, 0.4) is 0 Å². The Morgan fingerprint density at radius 1 is 1.37 bits per heavy atom. The zero-order chi connectivity index (χ0) is 18.4. The summed E-state index contributed by atoms with van der Waals surface area (Å²) in [6.45, 7) is 2.66. The Bertz CT molecular complexity index is 1150. The van der Waals surface area contributed by atoms with Crippen LogP contribution >= 0.6 is 11.3 Å². The molecule has 136 valence electrons. The molecule has 27 heavy (non-hydrogen) atoms. The molecule has 1 N–H and O–H groups in total. The van der Waals surface area contributed by atoms with Crippen LogP contribution in [0.4, 0.5) is 0 Å². The predicted octanol–water partition coefficient (Wildman–Crippen LogP) is 2.93. The van der Waals surface area contributed by atoms with Gasteiger partial charge in [0.15, 0.2) is 5.65 Å². The average molecular weight is 379 g/mol. The fourth-order valence-electron chi connectivity index (χ4n) is 3.44. The summed E-state index contributed by atoms with van der Waals surface area (Å²) < 4.78 is 9.08. The van der Waals surface area contributed by atoms with Crippen molar-refractivity contribution >= 4 is 38.5 Å². The van der Waals surface area contributed by atoms with E-state index in [1.165, 1.54) is 0 Å². The Balaban J connectivity index is 1.56. The summed E-state index contributed by atoms with van der Waals surface area (Å²) in [6, 6.07) is 7.84. The van der Waals surface area contributed by atoms with Gasteiger partial charge in [0.05, 0.1) is 27.6 Å². The van der Waals surface area contributed by atoms with Crippen LogP contribution in [0, 0.1) is 5.92 Å². The highest BCUT2D eigenvalue weighted by Crippen LogP contribution is 2.34. The summed E-state index contributed by atoms with van der Waals surface area (Å²) in [5.74, 6) is 1.01. The molecule has 2 atom stereocenters. The third-order valence-corrected chi connectivity index (χ3v) is 5.80. The first-order valence-electron chi connectivity index (χ1n) is 8.79. The number of benzene rings is 1. The quantitative estimate of drug-likeness (QED) is 0.590. The molecule has 7 nitrogen and oxygen atoms in total. The van der Waals surface area contributed by atoms with Crippen molar-refractivity contribution in [2.24, 2.45) is 5.92 Å². The third kappa shape index (κ3) is 2.82. The van der Waals surface area contributed by atoms with Gasteiger partial charge in [-0.3, -0.25) is 4.79 Å². The molecule has 4 heterocycles. The lowest BCUT2D eigenvalue weighted by Crippen LogP contribution is -2.25. The first-order valence-corrected chi connectivity index (χ1v) is 9.67. The van der Waals surface area contributed by atoms with E-state index in [-0.39, 0.29) is 17.9 Å². The van der Waals surface area contributed by atoms with Crippen LogP contribution in [0.5, 0.6) is 5.75 Å².